The van der Waals surface area contributed by atoms with E-state index < -0.39 is 5.97 Å². The van der Waals surface area contributed by atoms with Crippen LogP contribution in [0.15, 0.2) is 59.0 Å². The third-order valence-electron chi connectivity index (χ3n) is 3.69. The topological polar surface area (TPSA) is 65.8 Å². The Morgan fingerprint density at radius 1 is 1.27 bits per heavy atom. The highest BCUT2D eigenvalue weighted by atomic mass is 35.5. The Kier molecular flexibility index (Phi) is 5.65. The Balaban J connectivity index is 1.87. The first kappa shape index (κ1) is 18.1. The van der Waals surface area contributed by atoms with Crippen LogP contribution in [0.25, 0.3) is 11.3 Å². The molecule has 5 nitrogen and oxygen atoms in total. The fraction of sp³-hybridized carbons (Fsp3) is 0.105. The number of carboxylic acids is 1. The second-order valence-electron chi connectivity index (χ2n) is 5.35. The third-order valence-corrected chi connectivity index (χ3v) is 4.87. The van der Waals surface area contributed by atoms with Gasteiger partial charge in [0.2, 0.25) is 5.13 Å². The summed E-state index contributed by atoms with van der Waals surface area (Å²) in [6.07, 6.45) is 1.55. The molecule has 1 N–H and O–H groups in total. The molecule has 0 aliphatic rings. The van der Waals surface area contributed by atoms with Crippen molar-refractivity contribution < 1.29 is 9.90 Å². The molecule has 3 aromatic rings. The zero-order valence-electron chi connectivity index (χ0n) is 14.0. The molecular formula is C19H16ClN3O2S. The maximum absolute atomic E-state index is 11.3. The Bertz CT molecular complexity index is 955. The molecule has 0 spiro atoms. The first-order valence-electron chi connectivity index (χ1n) is 7.94. The van der Waals surface area contributed by atoms with E-state index in [0.717, 1.165) is 11.3 Å². The molecule has 7 heteroatoms. The summed E-state index contributed by atoms with van der Waals surface area (Å²) in [5.74, 6) is -0.981. The molecule has 0 saturated carbocycles. The zero-order valence-corrected chi connectivity index (χ0v) is 15.5. The van der Waals surface area contributed by atoms with Gasteiger partial charge in [0.25, 0.3) is 0 Å². The van der Waals surface area contributed by atoms with Crippen molar-refractivity contribution in [2.75, 3.05) is 11.6 Å². The van der Waals surface area contributed by atoms with Crippen molar-refractivity contribution in [1.29, 1.82) is 0 Å². The number of hydrazone groups is 1. The number of carbonyl (C=O) groups is 1. The Hall–Kier alpha value is -2.70. The van der Waals surface area contributed by atoms with Crippen LogP contribution in [0.1, 0.15) is 22.8 Å². The van der Waals surface area contributed by atoms with Gasteiger partial charge in [0.15, 0.2) is 0 Å². The standard InChI is InChI=1S/C19H16ClN3O2S/c1-2-23(21-11-13-7-3-4-8-14(13)18(24)25)19-22-17(12-26-19)15-9-5-6-10-16(15)20/h3-12H,2H2,1H3,(H,24,25)/b21-11+. The predicted molar refractivity (Wildman–Crippen MR) is 107 cm³/mol. The van der Waals surface area contributed by atoms with Crippen molar-refractivity contribution in [1.82, 2.24) is 4.98 Å². The van der Waals surface area contributed by atoms with Gasteiger partial charge in [-0.25, -0.2) is 14.8 Å². The molecular weight excluding hydrogens is 370 g/mol. The maximum Gasteiger partial charge on any atom is 0.336 e. The molecule has 26 heavy (non-hydrogen) atoms. The van der Waals surface area contributed by atoms with E-state index in [1.54, 1.807) is 35.5 Å². The van der Waals surface area contributed by atoms with Gasteiger partial charge >= 0.3 is 5.97 Å². The summed E-state index contributed by atoms with van der Waals surface area (Å²) in [6.45, 7) is 2.55. The van der Waals surface area contributed by atoms with E-state index in [0.29, 0.717) is 22.3 Å². The largest absolute Gasteiger partial charge is 0.478 e. The number of aromatic carboxylic acids is 1. The normalized spacial score (nSPS) is 11.0. The van der Waals surface area contributed by atoms with Gasteiger partial charge in [-0.15, -0.1) is 11.3 Å². The summed E-state index contributed by atoms with van der Waals surface area (Å²) < 4.78 is 0. The molecule has 2 aromatic carbocycles. The molecule has 0 saturated heterocycles. The smallest absolute Gasteiger partial charge is 0.336 e. The van der Waals surface area contributed by atoms with Crippen molar-refractivity contribution in [2.24, 2.45) is 5.10 Å². The third kappa shape index (κ3) is 3.92. The lowest BCUT2D eigenvalue weighted by Crippen LogP contribution is -2.15. The van der Waals surface area contributed by atoms with E-state index in [4.69, 9.17) is 11.6 Å². The molecule has 3 rings (SSSR count). The Morgan fingerprint density at radius 3 is 2.73 bits per heavy atom. The van der Waals surface area contributed by atoms with Crippen LogP contribution in [0, 0.1) is 0 Å². The fourth-order valence-electron chi connectivity index (χ4n) is 2.38. The first-order chi connectivity index (χ1) is 12.6. The van der Waals surface area contributed by atoms with Gasteiger partial charge < -0.3 is 5.11 Å². The van der Waals surface area contributed by atoms with Crippen LogP contribution in [0.4, 0.5) is 5.13 Å². The summed E-state index contributed by atoms with van der Waals surface area (Å²) >= 11 is 7.69. The first-order valence-corrected chi connectivity index (χ1v) is 9.20. The van der Waals surface area contributed by atoms with Gasteiger partial charge in [-0.2, -0.15) is 5.10 Å². The highest BCUT2D eigenvalue weighted by molar-refractivity contribution is 7.14. The SMILES string of the molecule is CCN(/N=C/c1ccccc1C(=O)O)c1nc(-c2ccccc2Cl)cs1. The molecule has 132 valence electrons. The molecule has 1 aromatic heterocycles. The van der Waals surface area contributed by atoms with Gasteiger partial charge in [0, 0.05) is 28.1 Å². The zero-order chi connectivity index (χ0) is 18.5. The Morgan fingerprint density at radius 2 is 2.00 bits per heavy atom. The van der Waals surface area contributed by atoms with Gasteiger partial charge in [-0.05, 0) is 19.1 Å². The molecule has 0 atom stereocenters. The lowest BCUT2D eigenvalue weighted by atomic mass is 10.1. The summed E-state index contributed by atoms with van der Waals surface area (Å²) in [5.41, 5.74) is 2.41. The van der Waals surface area contributed by atoms with Crippen LogP contribution in [-0.2, 0) is 0 Å². The highest BCUT2D eigenvalue weighted by Crippen LogP contribution is 2.31. The van der Waals surface area contributed by atoms with Crippen LogP contribution in [0.5, 0.6) is 0 Å². The highest BCUT2D eigenvalue weighted by Gasteiger charge is 2.12. The van der Waals surface area contributed by atoms with Gasteiger partial charge in [0.05, 0.1) is 17.5 Å². The number of aromatic nitrogens is 1. The van der Waals surface area contributed by atoms with Crippen molar-refractivity contribution in [3.8, 4) is 11.3 Å². The number of hydrogen-bond acceptors (Lipinski definition) is 5. The minimum absolute atomic E-state index is 0.211. The van der Waals surface area contributed by atoms with E-state index in [1.807, 2.05) is 36.6 Å². The fourth-order valence-corrected chi connectivity index (χ4v) is 3.46. The van der Waals surface area contributed by atoms with Crippen molar-refractivity contribution in [3.05, 3.63) is 70.1 Å². The molecule has 0 amide bonds. The van der Waals surface area contributed by atoms with Crippen LogP contribution in [0.2, 0.25) is 5.02 Å². The number of benzene rings is 2. The average molecular weight is 386 g/mol. The van der Waals surface area contributed by atoms with Crippen LogP contribution in [0.3, 0.4) is 0 Å². The molecule has 0 aliphatic carbocycles. The van der Waals surface area contributed by atoms with Crippen molar-refractivity contribution in [3.63, 3.8) is 0 Å². The van der Waals surface area contributed by atoms with Crippen molar-refractivity contribution in [2.45, 2.75) is 6.92 Å². The lowest BCUT2D eigenvalue weighted by molar-refractivity contribution is 0.0697. The number of anilines is 1. The minimum atomic E-state index is -0.981. The molecule has 0 unspecified atom stereocenters. The molecule has 0 bridgehead atoms. The van der Waals surface area contributed by atoms with E-state index in [-0.39, 0.29) is 5.56 Å². The van der Waals surface area contributed by atoms with Crippen LogP contribution < -0.4 is 5.01 Å². The Labute approximate surface area is 160 Å². The summed E-state index contributed by atoms with van der Waals surface area (Å²) in [7, 11) is 0. The van der Waals surface area contributed by atoms with E-state index in [9.17, 15) is 9.90 Å². The second-order valence-corrected chi connectivity index (χ2v) is 6.59. The monoisotopic (exact) mass is 385 g/mol. The average Bonchev–Trinajstić information content (AvgIpc) is 3.12. The summed E-state index contributed by atoms with van der Waals surface area (Å²) in [6, 6.07) is 14.3. The number of carboxylic acid groups (broad SMARTS) is 1. The maximum atomic E-state index is 11.3. The molecule has 0 aliphatic heterocycles. The van der Waals surface area contributed by atoms with Gasteiger partial charge in [-0.3, -0.25) is 0 Å². The van der Waals surface area contributed by atoms with E-state index in [2.05, 4.69) is 10.1 Å². The van der Waals surface area contributed by atoms with Gasteiger partial charge in [0.1, 0.15) is 0 Å². The number of rotatable bonds is 6. The van der Waals surface area contributed by atoms with Crippen molar-refractivity contribution >= 4 is 40.3 Å². The van der Waals surface area contributed by atoms with Crippen LogP contribution >= 0.6 is 22.9 Å². The quantitative estimate of drug-likeness (QED) is 0.477. The number of hydrogen-bond donors (Lipinski definition) is 1. The van der Waals surface area contributed by atoms with E-state index in [1.165, 1.54) is 11.3 Å². The predicted octanol–water partition coefficient (Wildman–Crippen LogP) is 5.02. The minimum Gasteiger partial charge on any atom is -0.478 e. The van der Waals surface area contributed by atoms with E-state index >= 15 is 0 Å². The number of nitrogens with zero attached hydrogens (tertiary/aromatic N) is 3. The van der Waals surface area contributed by atoms with Crippen LogP contribution in [-0.4, -0.2) is 28.8 Å². The summed E-state index contributed by atoms with van der Waals surface area (Å²) in [4.78, 5) is 15.9. The number of halogens is 1. The number of thiazole rings is 1. The molecule has 0 radical (unpaired) electrons. The van der Waals surface area contributed by atoms with Gasteiger partial charge in [-0.1, -0.05) is 48.0 Å². The molecule has 0 fully saturated rings. The second kappa shape index (κ2) is 8.12. The summed E-state index contributed by atoms with van der Waals surface area (Å²) in [5, 5.41) is 18.7. The lowest BCUT2D eigenvalue weighted by Gasteiger charge is -2.13. The molecule has 1 heterocycles.